The standard InChI is InChI=1S/C16H18BrNO.CH4N2O/c1-3-12-8-6-10-15(18-2)16(12)19-11-13-7-4-5-9-14(13)17;2-3-1-4/h4-10,18H,3,11H2,1-2H3;1H,2H2,(H,3,4). The first-order chi connectivity index (χ1) is 11.2. The molecule has 6 heteroatoms. The van der Waals surface area contributed by atoms with Gasteiger partial charge >= 0.3 is 0 Å². The molecule has 0 aliphatic heterocycles. The lowest BCUT2D eigenvalue weighted by Gasteiger charge is -2.15. The van der Waals surface area contributed by atoms with Gasteiger partial charge in [0.15, 0.2) is 0 Å². The van der Waals surface area contributed by atoms with E-state index in [4.69, 9.17) is 9.53 Å². The van der Waals surface area contributed by atoms with Crippen LogP contribution in [0.4, 0.5) is 5.69 Å². The van der Waals surface area contributed by atoms with Gasteiger partial charge in [-0.3, -0.25) is 10.2 Å². The third-order valence-corrected chi connectivity index (χ3v) is 3.92. The minimum Gasteiger partial charge on any atom is -0.486 e. The maximum absolute atomic E-state index is 8.94. The van der Waals surface area contributed by atoms with Gasteiger partial charge in [-0.1, -0.05) is 53.2 Å². The highest BCUT2D eigenvalue weighted by Gasteiger charge is 2.08. The number of carbonyl (C=O) groups excluding carboxylic acids is 1. The molecule has 0 aromatic heterocycles. The highest BCUT2D eigenvalue weighted by atomic mass is 79.9. The van der Waals surface area contributed by atoms with Crippen molar-refractivity contribution in [2.75, 3.05) is 12.4 Å². The van der Waals surface area contributed by atoms with E-state index in [-0.39, 0.29) is 0 Å². The minimum atomic E-state index is 0.403. The summed E-state index contributed by atoms with van der Waals surface area (Å²) in [4.78, 5) is 8.94. The molecule has 0 heterocycles. The van der Waals surface area contributed by atoms with Crippen LogP contribution in [0, 0.1) is 0 Å². The molecule has 0 bridgehead atoms. The maximum atomic E-state index is 8.94. The molecule has 0 aliphatic rings. The molecule has 0 saturated carbocycles. The first kappa shape index (κ1) is 19.0. The Bertz CT molecular complexity index is 598. The first-order valence-corrected chi connectivity index (χ1v) is 8.02. The fourth-order valence-electron chi connectivity index (χ4n) is 2.00. The fraction of sp³-hybridized carbons (Fsp3) is 0.235. The third-order valence-electron chi connectivity index (χ3n) is 3.14. The van der Waals surface area contributed by atoms with Crippen LogP contribution in [0.2, 0.25) is 0 Å². The van der Waals surface area contributed by atoms with Crippen LogP contribution in [0.1, 0.15) is 18.1 Å². The Morgan fingerprint density at radius 2 is 1.83 bits per heavy atom. The first-order valence-electron chi connectivity index (χ1n) is 7.23. The lowest BCUT2D eigenvalue weighted by Crippen LogP contribution is -2.18. The average Bonchev–Trinajstić information content (AvgIpc) is 2.60. The number of halogens is 1. The second-order valence-electron chi connectivity index (χ2n) is 4.56. The highest BCUT2D eigenvalue weighted by Crippen LogP contribution is 2.30. The van der Waals surface area contributed by atoms with E-state index in [2.05, 4.69) is 52.2 Å². The zero-order valence-electron chi connectivity index (χ0n) is 13.3. The summed E-state index contributed by atoms with van der Waals surface area (Å²) in [6.07, 6.45) is 1.36. The normalized spacial score (nSPS) is 9.39. The quantitative estimate of drug-likeness (QED) is 0.311. The highest BCUT2D eigenvalue weighted by molar-refractivity contribution is 9.10. The van der Waals surface area contributed by atoms with Crippen molar-refractivity contribution in [3.63, 3.8) is 0 Å². The number of ether oxygens (including phenoxy) is 1. The Morgan fingerprint density at radius 1 is 1.17 bits per heavy atom. The third kappa shape index (κ3) is 5.92. The Kier molecular flexibility index (Phi) is 8.79. The molecule has 2 aromatic carbocycles. The summed E-state index contributed by atoms with van der Waals surface area (Å²) >= 11 is 3.55. The monoisotopic (exact) mass is 379 g/mol. The summed E-state index contributed by atoms with van der Waals surface area (Å²) in [7, 11) is 1.92. The molecule has 0 spiro atoms. The van der Waals surface area contributed by atoms with Gasteiger partial charge in [-0.2, -0.15) is 0 Å². The van der Waals surface area contributed by atoms with Crippen molar-refractivity contribution >= 4 is 28.0 Å². The molecule has 4 N–H and O–H groups in total. The molecule has 5 nitrogen and oxygen atoms in total. The van der Waals surface area contributed by atoms with E-state index < -0.39 is 0 Å². The van der Waals surface area contributed by atoms with Crippen LogP contribution >= 0.6 is 15.9 Å². The van der Waals surface area contributed by atoms with Crippen LogP contribution in [0.3, 0.4) is 0 Å². The Morgan fingerprint density at radius 3 is 2.39 bits per heavy atom. The van der Waals surface area contributed by atoms with Crippen molar-refractivity contribution in [3.8, 4) is 5.75 Å². The van der Waals surface area contributed by atoms with Crippen molar-refractivity contribution in [2.45, 2.75) is 20.0 Å². The molecular formula is C17H22BrN3O2. The topological polar surface area (TPSA) is 76.4 Å². The molecule has 0 unspecified atom stereocenters. The van der Waals surface area contributed by atoms with Gasteiger partial charge in [-0.05, 0) is 24.1 Å². The Labute approximate surface area is 145 Å². The van der Waals surface area contributed by atoms with Gasteiger partial charge in [0.25, 0.3) is 0 Å². The van der Waals surface area contributed by atoms with Crippen LogP contribution in [0.5, 0.6) is 5.75 Å². The summed E-state index contributed by atoms with van der Waals surface area (Å²) in [6, 6.07) is 14.3. The molecule has 1 amide bonds. The largest absolute Gasteiger partial charge is 0.486 e. The second-order valence-corrected chi connectivity index (χ2v) is 5.42. The van der Waals surface area contributed by atoms with E-state index in [1.807, 2.05) is 31.3 Å². The van der Waals surface area contributed by atoms with Gasteiger partial charge in [-0.25, -0.2) is 5.84 Å². The van der Waals surface area contributed by atoms with E-state index in [1.165, 1.54) is 5.56 Å². The fourth-order valence-corrected chi connectivity index (χ4v) is 2.40. The van der Waals surface area contributed by atoms with Crippen LogP contribution in [-0.2, 0) is 17.8 Å². The SMILES string of the molecule is CCc1cccc(NC)c1OCc1ccccc1Br.NNC=O. The van der Waals surface area contributed by atoms with Crippen molar-refractivity contribution in [3.05, 3.63) is 58.1 Å². The molecule has 0 aliphatic carbocycles. The van der Waals surface area contributed by atoms with Gasteiger partial charge in [-0.15, -0.1) is 0 Å². The molecule has 0 radical (unpaired) electrons. The number of amides is 1. The molecular weight excluding hydrogens is 358 g/mol. The van der Waals surface area contributed by atoms with Crippen LogP contribution < -0.4 is 21.3 Å². The molecule has 124 valence electrons. The minimum absolute atomic E-state index is 0.403. The summed E-state index contributed by atoms with van der Waals surface area (Å²) in [5, 5.41) is 3.18. The number of para-hydroxylation sites is 1. The number of nitrogens with two attached hydrogens (primary N) is 1. The number of hydrogen-bond acceptors (Lipinski definition) is 4. The second kappa shape index (κ2) is 10.6. The number of hydrazine groups is 1. The zero-order valence-corrected chi connectivity index (χ0v) is 14.9. The number of nitrogens with one attached hydrogen (secondary N) is 2. The lowest BCUT2D eigenvalue weighted by atomic mass is 10.1. The molecule has 0 saturated heterocycles. The van der Waals surface area contributed by atoms with Crippen LogP contribution in [-0.4, -0.2) is 13.5 Å². The zero-order chi connectivity index (χ0) is 17.1. The number of rotatable bonds is 6. The van der Waals surface area contributed by atoms with Gasteiger partial charge in [0.2, 0.25) is 6.41 Å². The van der Waals surface area contributed by atoms with E-state index >= 15 is 0 Å². The molecule has 23 heavy (non-hydrogen) atoms. The molecule has 0 atom stereocenters. The smallest absolute Gasteiger partial charge is 0.221 e. The molecule has 0 fully saturated rings. The van der Waals surface area contributed by atoms with Gasteiger partial charge in [0.1, 0.15) is 12.4 Å². The maximum Gasteiger partial charge on any atom is 0.221 e. The summed E-state index contributed by atoms with van der Waals surface area (Å²) in [5.74, 6) is 5.36. The summed E-state index contributed by atoms with van der Waals surface area (Å²) in [6.45, 7) is 2.70. The summed E-state index contributed by atoms with van der Waals surface area (Å²) in [5.41, 5.74) is 5.15. The Hall–Kier alpha value is -2.05. The lowest BCUT2D eigenvalue weighted by molar-refractivity contribution is -0.109. The predicted molar refractivity (Wildman–Crippen MR) is 97.2 cm³/mol. The number of benzene rings is 2. The van der Waals surface area contributed by atoms with Crippen molar-refractivity contribution in [1.29, 1.82) is 0 Å². The number of carbonyl (C=O) groups is 1. The van der Waals surface area contributed by atoms with E-state index in [0.29, 0.717) is 13.0 Å². The van der Waals surface area contributed by atoms with Gasteiger partial charge in [0.05, 0.1) is 5.69 Å². The predicted octanol–water partition coefficient (Wildman–Crippen LogP) is 3.24. The number of anilines is 1. The van der Waals surface area contributed by atoms with E-state index in [1.54, 1.807) is 5.43 Å². The molecule has 2 rings (SSSR count). The van der Waals surface area contributed by atoms with E-state index in [9.17, 15) is 0 Å². The number of hydrogen-bond donors (Lipinski definition) is 3. The van der Waals surface area contributed by atoms with Crippen molar-refractivity contribution in [2.24, 2.45) is 5.84 Å². The van der Waals surface area contributed by atoms with Crippen LogP contribution in [0.15, 0.2) is 46.9 Å². The average molecular weight is 380 g/mol. The van der Waals surface area contributed by atoms with Crippen molar-refractivity contribution in [1.82, 2.24) is 5.43 Å². The summed E-state index contributed by atoms with van der Waals surface area (Å²) < 4.78 is 7.10. The molecule has 2 aromatic rings. The van der Waals surface area contributed by atoms with Crippen LogP contribution in [0.25, 0.3) is 0 Å². The van der Waals surface area contributed by atoms with E-state index in [0.717, 1.165) is 27.9 Å². The Balaban J connectivity index is 0.000000593. The number of aryl methyl sites for hydroxylation is 1. The van der Waals surface area contributed by atoms with Gasteiger partial charge < -0.3 is 10.1 Å². The van der Waals surface area contributed by atoms with Gasteiger partial charge in [0, 0.05) is 17.1 Å². The van der Waals surface area contributed by atoms with Crippen molar-refractivity contribution < 1.29 is 9.53 Å².